The second kappa shape index (κ2) is 4.79. The van der Waals surface area contributed by atoms with Gasteiger partial charge in [-0.1, -0.05) is 0 Å². The van der Waals surface area contributed by atoms with E-state index in [1.165, 1.54) is 11.8 Å². The molecule has 0 aromatic carbocycles. The van der Waals surface area contributed by atoms with Crippen LogP contribution in [0, 0.1) is 0 Å². The fourth-order valence-electron chi connectivity index (χ4n) is 1.29. The Kier molecular flexibility index (Phi) is 3.68. The zero-order valence-corrected chi connectivity index (χ0v) is 9.11. The summed E-state index contributed by atoms with van der Waals surface area (Å²) in [5, 5.41) is 4.00. The van der Waals surface area contributed by atoms with Crippen molar-refractivity contribution >= 4 is 11.8 Å². The minimum absolute atomic E-state index is 0.259. The Morgan fingerprint density at radius 2 is 2.20 bits per heavy atom. The number of ether oxygens (including phenoxy) is 2. The Balaban J connectivity index is 3.03. The molecule has 84 valence electrons. The summed E-state index contributed by atoms with van der Waals surface area (Å²) in [6.45, 7) is 0.486. The normalized spacial score (nSPS) is 10.3. The van der Waals surface area contributed by atoms with E-state index in [0.29, 0.717) is 24.4 Å². The van der Waals surface area contributed by atoms with Crippen molar-refractivity contribution in [3.8, 4) is 0 Å². The summed E-state index contributed by atoms with van der Waals surface area (Å²) in [6.07, 6.45) is 0.542. The molecule has 0 amide bonds. The highest BCUT2D eigenvalue weighted by Crippen LogP contribution is 2.17. The summed E-state index contributed by atoms with van der Waals surface area (Å²) in [5.41, 5.74) is 6.71. The van der Waals surface area contributed by atoms with Crippen molar-refractivity contribution in [2.75, 3.05) is 26.6 Å². The average Bonchev–Trinajstić information content (AvgIpc) is 2.52. The topological polar surface area (TPSA) is 79.4 Å². The molecule has 1 aromatic rings. The number of methoxy groups -OCH3 is 2. The summed E-state index contributed by atoms with van der Waals surface area (Å²) < 4.78 is 11.0. The van der Waals surface area contributed by atoms with Gasteiger partial charge in [0.1, 0.15) is 5.82 Å². The number of hydrogen-bond acceptors (Lipinski definition) is 5. The molecule has 0 saturated heterocycles. The molecule has 0 saturated carbocycles. The monoisotopic (exact) mass is 213 g/mol. The van der Waals surface area contributed by atoms with E-state index in [0.717, 1.165) is 0 Å². The molecule has 0 aliphatic rings. The Hall–Kier alpha value is -1.56. The molecular weight excluding hydrogens is 198 g/mol. The zero-order valence-electron chi connectivity index (χ0n) is 9.11. The van der Waals surface area contributed by atoms with Crippen LogP contribution in [0.1, 0.15) is 16.1 Å². The molecule has 0 spiro atoms. The molecule has 0 radical (unpaired) electrons. The van der Waals surface area contributed by atoms with Crippen molar-refractivity contribution in [3.05, 3.63) is 11.3 Å². The highest BCUT2D eigenvalue weighted by Gasteiger charge is 2.20. The van der Waals surface area contributed by atoms with Gasteiger partial charge in [0.25, 0.3) is 0 Å². The van der Waals surface area contributed by atoms with Crippen LogP contribution in [-0.4, -0.2) is 36.6 Å². The summed E-state index contributed by atoms with van der Waals surface area (Å²) in [4.78, 5) is 11.4. The SMILES string of the molecule is COCCc1c(C(=O)OC)nn(C)c1N. The van der Waals surface area contributed by atoms with Gasteiger partial charge in [-0.05, 0) is 0 Å². The maximum atomic E-state index is 11.4. The third-order valence-corrected chi connectivity index (χ3v) is 2.13. The quantitative estimate of drug-likeness (QED) is 0.711. The van der Waals surface area contributed by atoms with Crippen molar-refractivity contribution < 1.29 is 14.3 Å². The van der Waals surface area contributed by atoms with Crippen LogP contribution in [0.15, 0.2) is 0 Å². The number of esters is 1. The molecule has 0 aliphatic heterocycles. The molecule has 1 heterocycles. The highest BCUT2D eigenvalue weighted by molar-refractivity contribution is 5.90. The van der Waals surface area contributed by atoms with E-state index in [9.17, 15) is 4.79 Å². The molecule has 6 nitrogen and oxygen atoms in total. The van der Waals surface area contributed by atoms with Gasteiger partial charge in [0.2, 0.25) is 0 Å². The van der Waals surface area contributed by atoms with Crippen LogP contribution >= 0.6 is 0 Å². The lowest BCUT2D eigenvalue weighted by molar-refractivity contribution is 0.0591. The van der Waals surface area contributed by atoms with E-state index in [2.05, 4.69) is 9.84 Å². The maximum Gasteiger partial charge on any atom is 0.358 e. The summed E-state index contributed by atoms with van der Waals surface area (Å²) in [5.74, 6) is -0.0131. The van der Waals surface area contributed by atoms with Gasteiger partial charge in [-0.3, -0.25) is 4.68 Å². The van der Waals surface area contributed by atoms with Crippen LogP contribution in [0.2, 0.25) is 0 Å². The second-order valence-electron chi connectivity index (χ2n) is 3.07. The van der Waals surface area contributed by atoms with Crippen molar-refractivity contribution in [3.63, 3.8) is 0 Å². The van der Waals surface area contributed by atoms with Gasteiger partial charge in [-0.25, -0.2) is 4.79 Å². The van der Waals surface area contributed by atoms with Crippen LogP contribution in [0.25, 0.3) is 0 Å². The number of aromatic nitrogens is 2. The van der Waals surface area contributed by atoms with Crippen LogP contribution in [0.5, 0.6) is 0 Å². The Labute approximate surface area is 88.0 Å². The maximum absolute atomic E-state index is 11.4. The van der Waals surface area contributed by atoms with Crippen molar-refractivity contribution in [2.45, 2.75) is 6.42 Å². The second-order valence-corrected chi connectivity index (χ2v) is 3.07. The number of nitrogen functional groups attached to an aromatic ring is 1. The first-order valence-electron chi connectivity index (χ1n) is 4.50. The van der Waals surface area contributed by atoms with E-state index < -0.39 is 5.97 Å². The first kappa shape index (κ1) is 11.5. The van der Waals surface area contributed by atoms with E-state index in [4.69, 9.17) is 10.5 Å². The largest absolute Gasteiger partial charge is 0.464 e. The van der Waals surface area contributed by atoms with Gasteiger partial charge >= 0.3 is 5.97 Å². The van der Waals surface area contributed by atoms with Crippen LogP contribution in [-0.2, 0) is 22.9 Å². The van der Waals surface area contributed by atoms with Gasteiger partial charge in [-0.2, -0.15) is 5.10 Å². The predicted octanol–water partition coefficient (Wildman–Crippen LogP) is -0.0222. The number of hydrogen-bond donors (Lipinski definition) is 1. The lowest BCUT2D eigenvalue weighted by Crippen LogP contribution is -2.07. The fraction of sp³-hybridized carbons (Fsp3) is 0.556. The van der Waals surface area contributed by atoms with Gasteiger partial charge in [0.15, 0.2) is 5.69 Å². The molecule has 15 heavy (non-hydrogen) atoms. The zero-order chi connectivity index (χ0) is 11.4. The van der Waals surface area contributed by atoms with Gasteiger partial charge in [0, 0.05) is 26.1 Å². The summed E-state index contributed by atoms with van der Waals surface area (Å²) in [7, 11) is 4.58. The van der Waals surface area contributed by atoms with E-state index in [-0.39, 0.29) is 5.69 Å². The molecule has 0 unspecified atom stereocenters. The standard InChI is InChI=1S/C9H15N3O3/c1-12-8(10)6(4-5-14-2)7(11-12)9(13)15-3/h4-5,10H2,1-3H3. The molecule has 1 rings (SSSR count). The Bertz CT molecular complexity index is 360. The number of nitrogens with two attached hydrogens (primary N) is 1. The van der Waals surface area contributed by atoms with Gasteiger partial charge in [-0.15, -0.1) is 0 Å². The molecule has 0 bridgehead atoms. The number of aryl methyl sites for hydroxylation is 1. The third kappa shape index (κ3) is 2.27. The number of rotatable bonds is 4. The minimum atomic E-state index is -0.478. The average molecular weight is 213 g/mol. The minimum Gasteiger partial charge on any atom is -0.464 e. The van der Waals surface area contributed by atoms with Gasteiger partial charge < -0.3 is 15.2 Å². The van der Waals surface area contributed by atoms with E-state index in [1.54, 1.807) is 14.2 Å². The highest BCUT2D eigenvalue weighted by atomic mass is 16.5. The molecule has 0 fully saturated rings. The number of carbonyl (C=O) groups excluding carboxylic acids is 1. The van der Waals surface area contributed by atoms with Crippen molar-refractivity contribution in [1.82, 2.24) is 9.78 Å². The lowest BCUT2D eigenvalue weighted by atomic mass is 10.1. The first-order valence-corrected chi connectivity index (χ1v) is 4.50. The van der Waals surface area contributed by atoms with E-state index >= 15 is 0 Å². The Morgan fingerprint density at radius 3 is 2.73 bits per heavy atom. The number of anilines is 1. The summed E-state index contributed by atoms with van der Waals surface area (Å²) >= 11 is 0. The van der Waals surface area contributed by atoms with Crippen LogP contribution in [0.4, 0.5) is 5.82 Å². The number of carbonyl (C=O) groups is 1. The van der Waals surface area contributed by atoms with Crippen LogP contribution in [0.3, 0.4) is 0 Å². The third-order valence-electron chi connectivity index (χ3n) is 2.13. The molecule has 1 aromatic heterocycles. The summed E-state index contributed by atoms with van der Waals surface area (Å²) in [6, 6.07) is 0. The van der Waals surface area contributed by atoms with Crippen molar-refractivity contribution in [1.29, 1.82) is 0 Å². The molecule has 6 heteroatoms. The predicted molar refractivity (Wildman–Crippen MR) is 54.5 cm³/mol. The number of nitrogens with zero attached hydrogens (tertiary/aromatic N) is 2. The first-order chi connectivity index (χ1) is 7.11. The fourth-order valence-corrected chi connectivity index (χ4v) is 1.29. The van der Waals surface area contributed by atoms with Crippen molar-refractivity contribution in [2.24, 2.45) is 7.05 Å². The molecule has 2 N–H and O–H groups in total. The van der Waals surface area contributed by atoms with Gasteiger partial charge in [0.05, 0.1) is 13.7 Å². The lowest BCUT2D eigenvalue weighted by Gasteiger charge is -2.01. The molecule has 0 atom stereocenters. The molecule has 0 aliphatic carbocycles. The van der Waals surface area contributed by atoms with Crippen LogP contribution < -0.4 is 5.73 Å². The smallest absolute Gasteiger partial charge is 0.358 e. The Morgan fingerprint density at radius 1 is 1.53 bits per heavy atom. The van der Waals surface area contributed by atoms with E-state index in [1.807, 2.05) is 0 Å². The molecular formula is C9H15N3O3.